The van der Waals surface area contributed by atoms with Crippen molar-refractivity contribution in [1.82, 2.24) is 29.3 Å². The molecule has 0 spiro atoms. The summed E-state index contributed by atoms with van der Waals surface area (Å²) in [6.45, 7) is 4.61. The van der Waals surface area contributed by atoms with Crippen molar-refractivity contribution in [2.24, 2.45) is 0 Å². The van der Waals surface area contributed by atoms with Gasteiger partial charge in [0.2, 0.25) is 0 Å². The Bertz CT molecular complexity index is 1470. The molecule has 4 heterocycles. The topological polar surface area (TPSA) is 90.5 Å². The fourth-order valence-electron chi connectivity index (χ4n) is 3.82. The van der Waals surface area contributed by atoms with Gasteiger partial charge >= 0.3 is 0 Å². The van der Waals surface area contributed by atoms with Crippen LogP contribution in [-0.2, 0) is 6.54 Å². The fraction of sp³-hybridized carbons (Fsp3) is 0.160. The first kappa shape index (κ1) is 21.4. The average molecular weight is 455 g/mol. The largest absolute Gasteiger partial charge is 0.343 e. The molecule has 0 aliphatic heterocycles. The van der Waals surface area contributed by atoms with E-state index in [1.165, 1.54) is 6.07 Å². The smallest absolute Gasteiger partial charge is 0.259 e. The zero-order valence-corrected chi connectivity index (χ0v) is 18.7. The van der Waals surface area contributed by atoms with Gasteiger partial charge in [-0.25, -0.2) is 9.37 Å². The molecule has 1 aromatic carbocycles. The predicted molar refractivity (Wildman–Crippen MR) is 127 cm³/mol. The van der Waals surface area contributed by atoms with Crippen LogP contribution in [0.15, 0.2) is 73.4 Å². The molecule has 0 bridgehead atoms. The Hall–Kier alpha value is -4.40. The Balaban J connectivity index is 1.43. The Morgan fingerprint density at radius 2 is 1.94 bits per heavy atom. The molecule has 34 heavy (non-hydrogen) atoms. The predicted octanol–water partition coefficient (Wildman–Crippen LogP) is 4.71. The van der Waals surface area contributed by atoms with E-state index in [0.29, 0.717) is 23.9 Å². The van der Waals surface area contributed by atoms with Crippen molar-refractivity contribution in [3.8, 4) is 11.5 Å². The highest BCUT2D eigenvalue weighted by Gasteiger charge is 2.17. The average Bonchev–Trinajstić information content (AvgIpc) is 3.47. The molecule has 0 saturated carbocycles. The summed E-state index contributed by atoms with van der Waals surface area (Å²) in [5, 5.41) is 11.5. The maximum atomic E-state index is 14.8. The number of carbonyl (C=O) groups is 1. The van der Waals surface area contributed by atoms with Gasteiger partial charge in [0.05, 0.1) is 5.56 Å². The molecule has 5 rings (SSSR count). The van der Waals surface area contributed by atoms with E-state index in [2.05, 4.69) is 25.5 Å². The molecular formula is C25H22FN7O. The molecule has 8 nitrogen and oxygen atoms in total. The van der Waals surface area contributed by atoms with Crippen LogP contribution in [0.3, 0.4) is 0 Å². The first-order chi connectivity index (χ1) is 16.5. The first-order valence-electron chi connectivity index (χ1n) is 10.8. The summed E-state index contributed by atoms with van der Waals surface area (Å²) in [5.74, 6) is -0.284. The molecule has 0 fully saturated rings. The van der Waals surface area contributed by atoms with Crippen LogP contribution in [0.4, 0.5) is 10.2 Å². The van der Waals surface area contributed by atoms with Crippen LogP contribution in [0.25, 0.3) is 22.4 Å². The van der Waals surface area contributed by atoms with E-state index >= 15 is 0 Å². The number of fused-ring (bicyclic) bond motifs is 1. The Labute approximate surface area is 195 Å². The molecular weight excluding hydrogens is 433 g/mol. The van der Waals surface area contributed by atoms with Crippen molar-refractivity contribution in [2.75, 3.05) is 5.32 Å². The van der Waals surface area contributed by atoms with E-state index in [1.807, 2.05) is 47.4 Å². The summed E-state index contributed by atoms with van der Waals surface area (Å²) in [5.41, 5.74) is 2.32. The number of benzene rings is 1. The second-order valence-electron chi connectivity index (χ2n) is 8.21. The SMILES string of the molecule is CC(C)n1cnnc1-c1cccc(NC(=O)c2cc3c(ccn3Cc3ccncc3)cc2F)n1. The van der Waals surface area contributed by atoms with Crippen molar-refractivity contribution in [3.63, 3.8) is 0 Å². The minimum absolute atomic E-state index is 0.0558. The van der Waals surface area contributed by atoms with Gasteiger partial charge in [-0.3, -0.25) is 9.78 Å². The molecule has 5 aromatic rings. The van der Waals surface area contributed by atoms with Crippen molar-refractivity contribution >= 4 is 22.6 Å². The lowest BCUT2D eigenvalue weighted by Gasteiger charge is -2.11. The monoisotopic (exact) mass is 455 g/mol. The molecule has 170 valence electrons. The van der Waals surface area contributed by atoms with Gasteiger partial charge in [-0.2, -0.15) is 0 Å². The summed E-state index contributed by atoms with van der Waals surface area (Å²) in [6, 6.07) is 14.0. The zero-order valence-electron chi connectivity index (χ0n) is 18.7. The van der Waals surface area contributed by atoms with Crippen LogP contribution < -0.4 is 5.32 Å². The van der Waals surface area contributed by atoms with E-state index in [9.17, 15) is 9.18 Å². The Morgan fingerprint density at radius 1 is 1.12 bits per heavy atom. The van der Waals surface area contributed by atoms with Gasteiger partial charge in [-0.1, -0.05) is 6.07 Å². The van der Waals surface area contributed by atoms with E-state index in [1.54, 1.807) is 43.0 Å². The number of nitrogens with zero attached hydrogens (tertiary/aromatic N) is 6. The summed E-state index contributed by atoms with van der Waals surface area (Å²) in [7, 11) is 0. The number of hydrogen-bond acceptors (Lipinski definition) is 5. The molecule has 0 aliphatic carbocycles. The lowest BCUT2D eigenvalue weighted by molar-refractivity contribution is 0.102. The highest BCUT2D eigenvalue weighted by Crippen LogP contribution is 2.24. The third-order valence-corrected chi connectivity index (χ3v) is 5.56. The molecule has 1 amide bonds. The number of rotatable bonds is 6. The minimum atomic E-state index is -0.595. The van der Waals surface area contributed by atoms with Crippen LogP contribution in [0, 0.1) is 5.82 Å². The minimum Gasteiger partial charge on any atom is -0.343 e. The molecule has 0 atom stereocenters. The van der Waals surface area contributed by atoms with Gasteiger partial charge in [0.15, 0.2) is 5.82 Å². The number of aromatic nitrogens is 6. The van der Waals surface area contributed by atoms with Crippen LogP contribution in [0.1, 0.15) is 35.8 Å². The summed E-state index contributed by atoms with van der Waals surface area (Å²) >= 11 is 0. The van der Waals surface area contributed by atoms with E-state index in [0.717, 1.165) is 16.5 Å². The molecule has 0 radical (unpaired) electrons. The second-order valence-corrected chi connectivity index (χ2v) is 8.21. The van der Waals surface area contributed by atoms with Gasteiger partial charge < -0.3 is 14.5 Å². The standard InChI is InChI=1S/C25H22FN7O/c1-16(2)33-15-28-31-24(33)21-4-3-5-23(29-21)30-25(34)19-13-22-18(12-20(19)26)8-11-32(22)14-17-6-9-27-10-7-17/h3-13,15-16H,14H2,1-2H3,(H,29,30,34). The Morgan fingerprint density at radius 3 is 2.74 bits per heavy atom. The summed E-state index contributed by atoms with van der Waals surface area (Å²) in [4.78, 5) is 21.5. The highest BCUT2D eigenvalue weighted by molar-refractivity contribution is 6.06. The Kier molecular flexibility index (Phi) is 5.59. The number of pyridine rings is 2. The van der Waals surface area contributed by atoms with Crippen LogP contribution in [-0.4, -0.2) is 35.2 Å². The lowest BCUT2D eigenvalue weighted by atomic mass is 10.1. The van der Waals surface area contributed by atoms with E-state index in [-0.39, 0.29) is 11.6 Å². The van der Waals surface area contributed by atoms with Gasteiger partial charge in [-0.15, -0.1) is 10.2 Å². The fourth-order valence-corrected chi connectivity index (χ4v) is 3.82. The van der Waals surface area contributed by atoms with Gasteiger partial charge in [-0.05, 0) is 61.9 Å². The summed E-state index contributed by atoms with van der Waals surface area (Å²) in [6.07, 6.45) is 6.97. The van der Waals surface area contributed by atoms with Gasteiger partial charge in [0, 0.05) is 42.1 Å². The van der Waals surface area contributed by atoms with Gasteiger partial charge in [0.25, 0.3) is 5.91 Å². The maximum absolute atomic E-state index is 14.8. The molecule has 4 aromatic heterocycles. The normalized spacial score (nSPS) is 11.3. The first-order valence-corrected chi connectivity index (χ1v) is 10.8. The van der Waals surface area contributed by atoms with Crippen LogP contribution >= 0.6 is 0 Å². The number of carbonyl (C=O) groups excluding carboxylic acids is 1. The number of halogens is 1. The summed E-state index contributed by atoms with van der Waals surface area (Å²) < 4.78 is 18.7. The van der Waals surface area contributed by atoms with E-state index < -0.39 is 11.7 Å². The highest BCUT2D eigenvalue weighted by atomic mass is 19.1. The van der Waals surface area contributed by atoms with E-state index in [4.69, 9.17) is 0 Å². The second kappa shape index (κ2) is 8.86. The molecule has 1 N–H and O–H groups in total. The number of nitrogens with one attached hydrogen (secondary N) is 1. The van der Waals surface area contributed by atoms with Crippen molar-refractivity contribution in [2.45, 2.75) is 26.4 Å². The zero-order chi connectivity index (χ0) is 23.7. The van der Waals surface area contributed by atoms with Gasteiger partial charge in [0.1, 0.15) is 23.7 Å². The van der Waals surface area contributed by atoms with Crippen molar-refractivity contribution in [1.29, 1.82) is 0 Å². The maximum Gasteiger partial charge on any atom is 0.259 e. The van der Waals surface area contributed by atoms with Crippen molar-refractivity contribution < 1.29 is 9.18 Å². The number of amides is 1. The molecule has 0 aliphatic rings. The molecule has 9 heteroatoms. The third-order valence-electron chi connectivity index (χ3n) is 5.56. The quantitative estimate of drug-likeness (QED) is 0.400. The number of hydrogen-bond donors (Lipinski definition) is 1. The molecule has 0 saturated heterocycles. The van der Waals surface area contributed by atoms with Crippen LogP contribution in [0.2, 0.25) is 0 Å². The third kappa shape index (κ3) is 4.15. The lowest BCUT2D eigenvalue weighted by Crippen LogP contribution is -2.15. The van der Waals surface area contributed by atoms with Crippen molar-refractivity contribution in [3.05, 3.63) is 90.4 Å². The van der Waals surface area contributed by atoms with Crippen LogP contribution in [0.5, 0.6) is 0 Å². The number of anilines is 1. The molecule has 0 unspecified atom stereocenters.